The summed E-state index contributed by atoms with van der Waals surface area (Å²) in [4.78, 5) is 10.7. The van der Waals surface area contributed by atoms with Gasteiger partial charge in [-0.25, -0.2) is 4.39 Å². The number of ether oxygens (including phenoxy) is 2. The van der Waals surface area contributed by atoms with Crippen LogP contribution in [0.1, 0.15) is 44.2 Å². The van der Waals surface area contributed by atoms with Crippen LogP contribution >= 0.6 is 0 Å². The maximum absolute atomic E-state index is 14.4. The zero-order valence-electron chi connectivity index (χ0n) is 11.5. The van der Waals surface area contributed by atoms with Gasteiger partial charge in [-0.05, 0) is 43.0 Å². The van der Waals surface area contributed by atoms with Crippen LogP contribution in [0.4, 0.5) is 4.39 Å². The summed E-state index contributed by atoms with van der Waals surface area (Å²) in [5.74, 6) is 1.17. The average molecular weight is 266 g/mol. The first kappa shape index (κ1) is 13.8. The van der Waals surface area contributed by atoms with Gasteiger partial charge in [0.05, 0.1) is 0 Å². The van der Waals surface area contributed by atoms with E-state index in [1.807, 2.05) is 6.92 Å². The van der Waals surface area contributed by atoms with Gasteiger partial charge in [-0.1, -0.05) is 6.92 Å². The van der Waals surface area contributed by atoms with Crippen molar-refractivity contribution in [2.75, 3.05) is 13.2 Å². The van der Waals surface area contributed by atoms with E-state index in [0.717, 1.165) is 11.8 Å². The number of aldehydes is 1. The second-order valence-corrected chi connectivity index (χ2v) is 5.36. The summed E-state index contributed by atoms with van der Waals surface area (Å²) in [5, 5.41) is 0. The normalized spacial score (nSPS) is 16.0. The van der Waals surface area contributed by atoms with Gasteiger partial charge in [0.2, 0.25) is 0 Å². The first-order chi connectivity index (χ1) is 8.93. The van der Waals surface area contributed by atoms with E-state index in [9.17, 15) is 9.18 Å². The van der Waals surface area contributed by atoms with Crippen molar-refractivity contribution in [2.24, 2.45) is 0 Å². The molecule has 2 rings (SSSR count). The Labute approximate surface area is 112 Å². The number of rotatable bonds is 4. The van der Waals surface area contributed by atoms with Crippen molar-refractivity contribution >= 4 is 6.29 Å². The molecule has 0 fully saturated rings. The van der Waals surface area contributed by atoms with Crippen LogP contribution in [0, 0.1) is 0 Å². The molecule has 19 heavy (non-hydrogen) atoms. The minimum Gasteiger partial charge on any atom is -0.486 e. The van der Waals surface area contributed by atoms with Gasteiger partial charge < -0.3 is 14.3 Å². The SMILES string of the molecule is CC(CC=O)c1cc2c(cc1C(C)(C)F)OCCO2. The van der Waals surface area contributed by atoms with E-state index >= 15 is 0 Å². The third-order valence-corrected chi connectivity index (χ3v) is 3.34. The molecule has 1 aromatic carbocycles. The summed E-state index contributed by atoms with van der Waals surface area (Å²) in [6, 6.07) is 3.50. The maximum Gasteiger partial charge on any atom is 0.161 e. The number of hydrogen-bond donors (Lipinski definition) is 0. The van der Waals surface area contributed by atoms with Crippen LogP contribution in [-0.4, -0.2) is 19.5 Å². The Morgan fingerprint density at radius 2 is 1.89 bits per heavy atom. The van der Waals surface area contributed by atoms with E-state index in [1.165, 1.54) is 13.8 Å². The number of halogens is 1. The van der Waals surface area contributed by atoms with Gasteiger partial charge in [0.15, 0.2) is 11.5 Å². The molecule has 0 radical (unpaired) electrons. The van der Waals surface area contributed by atoms with E-state index in [2.05, 4.69) is 0 Å². The lowest BCUT2D eigenvalue weighted by molar-refractivity contribution is -0.108. The zero-order chi connectivity index (χ0) is 14.0. The van der Waals surface area contributed by atoms with E-state index in [0.29, 0.717) is 36.7 Å². The summed E-state index contributed by atoms with van der Waals surface area (Å²) >= 11 is 0. The fourth-order valence-electron chi connectivity index (χ4n) is 2.30. The highest BCUT2D eigenvalue weighted by atomic mass is 19.1. The quantitative estimate of drug-likeness (QED) is 0.784. The van der Waals surface area contributed by atoms with Crippen molar-refractivity contribution < 1.29 is 18.7 Å². The van der Waals surface area contributed by atoms with E-state index in [1.54, 1.807) is 12.1 Å². The maximum atomic E-state index is 14.4. The highest BCUT2D eigenvalue weighted by Crippen LogP contribution is 2.41. The van der Waals surface area contributed by atoms with Crippen molar-refractivity contribution in [3.8, 4) is 11.5 Å². The van der Waals surface area contributed by atoms with Crippen LogP contribution < -0.4 is 9.47 Å². The molecule has 104 valence electrons. The number of hydrogen-bond acceptors (Lipinski definition) is 3. The molecule has 1 heterocycles. The van der Waals surface area contributed by atoms with E-state index in [4.69, 9.17) is 9.47 Å². The highest BCUT2D eigenvalue weighted by molar-refractivity contribution is 5.55. The Hall–Kier alpha value is -1.58. The molecular weight excluding hydrogens is 247 g/mol. The fourth-order valence-corrected chi connectivity index (χ4v) is 2.30. The lowest BCUT2D eigenvalue weighted by atomic mass is 9.86. The summed E-state index contributed by atoms with van der Waals surface area (Å²) < 4.78 is 25.4. The summed E-state index contributed by atoms with van der Waals surface area (Å²) in [5.41, 5.74) is -0.113. The van der Waals surface area contributed by atoms with Gasteiger partial charge in [0.1, 0.15) is 25.2 Å². The number of benzene rings is 1. The number of alkyl halides is 1. The molecule has 4 heteroatoms. The van der Waals surface area contributed by atoms with Crippen molar-refractivity contribution in [1.29, 1.82) is 0 Å². The van der Waals surface area contributed by atoms with Crippen LogP contribution in [0.3, 0.4) is 0 Å². The zero-order valence-corrected chi connectivity index (χ0v) is 11.5. The minimum atomic E-state index is -1.48. The number of carbonyl (C=O) groups is 1. The molecule has 0 saturated heterocycles. The monoisotopic (exact) mass is 266 g/mol. The molecule has 3 nitrogen and oxygen atoms in total. The van der Waals surface area contributed by atoms with Crippen LogP contribution in [0.15, 0.2) is 12.1 Å². The molecule has 1 unspecified atom stereocenters. The summed E-state index contributed by atoms with van der Waals surface area (Å²) in [6.07, 6.45) is 1.22. The van der Waals surface area contributed by atoms with Crippen molar-refractivity contribution in [2.45, 2.75) is 38.8 Å². The molecule has 0 spiro atoms. The first-order valence-electron chi connectivity index (χ1n) is 6.50. The standard InChI is InChI=1S/C15H19FO3/c1-10(4-5-17)11-8-13-14(19-7-6-18-13)9-12(11)15(2,3)16/h5,8-10H,4,6-7H2,1-3H3. The number of carbonyl (C=O) groups excluding carboxylic acids is 1. The third kappa shape index (κ3) is 2.88. The molecule has 0 saturated carbocycles. The van der Waals surface area contributed by atoms with Gasteiger partial charge in [-0.15, -0.1) is 0 Å². The Kier molecular flexibility index (Phi) is 3.78. The third-order valence-electron chi connectivity index (χ3n) is 3.34. The Morgan fingerprint density at radius 3 is 2.42 bits per heavy atom. The van der Waals surface area contributed by atoms with Gasteiger partial charge in [0, 0.05) is 6.42 Å². The molecule has 1 aliphatic rings. The summed E-state index contributed by atoms with van der Waals surface area (Å²) in [7, 11) is 0. The second kappa shape index (κ2) is 5.19. The summed E-state index contributed by atoms with van der Waals surface area (Å²) in [6.45, 7) is 5.90. The largest absolute Gasteiger partial charge is 0.486 e. The molecule has 0 aliphatic carbocycles. The van der Waals surface area contributed by atoms with Gasteiger partial charge in [-0.2, -0.15) is 0 Å². The highest BCUT2D eigenvalue weighted by Gasteiger charge is 2.28. The minimum absolute atomic E-state index is 0.0432. The topological polar surface area (TPSA) is 35.5 Å². The molecule has 0 bridgehead atoms. The van der Waals surface area contributed by atoms with Gasteiger partial charge in [0.25, 0.3) is 0 Å². The molecule has 1 aliphatic heterocycles. The average Bonchev–Trinajstić information content (AvgIpc) is 2.36. The lowest BCUT2D eigenvalue weighted by Crippen LogP contribution is -2.19. The smallest absolute Gasteiger partial charge is 0.161 e. The van der Waals surface area contributed by atoms with Crippen molar-refractivity contribution in [1.82, 2.24) is 0 Å². The number of fused-ring (bicyclic) bond motifs is 1. The van der Waals surface area contributed by atoms with Crippen LogP contribution in [0.2, 0.25) is 0 Å². The Bertz CT molecular complexity index is 477. The van der Waals surface area contributed by atoms with Crippen LogP contribution in [0.5, 0.6) is 11.5 Å². The first-order valence-corrected chi connectivity index (χ1v) is 6.50. The predicted molar refractivity (Wildman–Crippen MR) is 70.7 cm³/mol. The van der Waals surface area contributed by atoms with Gasteiger partial charge >= 0.3 is 0 Å². The van der Waals surface area contributed by atoms with Crippen molar-refractivity contribution in [3.05, 3.63) is 23.3 Å². The predicted octanol–water partition coefficient (Wildman–Crippen LogP) is 3.35. The molecule has 0 N–H and O–H groups in total. The molecule has 1 atom stereocenters. The van der Waals surface area contributed by atoms with E-state index in [-0.39, 0.29) is 5.92 Å². The fraction of sp³-hybridized carbons (Fsp3) is 0.533. The molecule has 1 aromatic rings. The van der Waals surface area contributed by atoms with Crippen molar-refractivity contribution in [3.63, 3.8) is 0 Å². The lowest BCUT2D eigenvalue weighted by Gasteiger charge is -2.26. The molecule has 0 amide bonds. The van der Waals surface area contributed by atoms with E-state index < -0.39 is 5.67 Å². The van der Waals surface area contributed by atoms with Crippen LogP contribution in [-0.2, 0) is 10.5 Å². The Morgan fingerprint density at radius 1 is 1.32 bits per heavy atom. The Balaban J connectivity index is 2.52. The second-order valence-electron chi connectivity index (χ2n) is 5.36. The van der Waals surface area contributed by atoms with Crippen LogP contribution in [0.25, 0.3) is 0 Å². The molecular formula is C15H19FO3. The molecule has 0 aromatic heterocycles. The van der Waals surface area contributed by atoms with Gasteiger partial charge in [-0.3, -0.25) is 0 Å².